The first kappa shape index (κ1) is 19.1. The van der Waals surface area contributed by atoms with Crippen LogP contribution < -0.4 is 5.32 Å². The number of sulfonamides is 1. The number of benzene rings is 2. The third kappa shape index (κ3) is 5.99. The molecule has 1 unspecified atom stereocenters. The summed E-state index contributed by atoms with van der Waals surface area (Å²) in [7, 11) is -3.51. The van der Waals surface area contributed by atoms with Crippen molar-refractivity contribution in [3.05, 3.63) is 71.8 Å². The van der Waals surface area contributed by atoms with Crippen molar-refractivity contribution in [1.29, 1.82) is 0 Å². The summed E-state index contributed by atoms with van der Waals surface area (Å²) in [5, 5.41) is 2.80. The predicted molar refractivity (Wildman–Crippen MR) is 99.6 cm³/mol. The number of hydrogen-bond donors (Lipinski definition) is 1. The van der Waals surface area contributed by atoms with Gasteiger partial charge in [0.15, 0.2) is 0 Å². The fourth-order valence-corrected chi connectivity index (χ4v) is 3.68. The van der Waals surface area contributed by atoms with Crippen LogP contribution in [0.2, 0.25) is 0 Å². The number of hydrogen-bond acceptors (Lipinski definition) is 3. The number of carbonyl (C=O) groups excluding carboxylic acids is 1. The fourth-order valence-electron chi connectivity index (χ4n) is 2.63. The first-order valence-corrected chi connectivity index (χ1v) is 10.0. The Kier molecular flexibility index (Phi) is 6.73. The molecular weight excluding hydrogens is 336 g/mol. The molecule has 0 heterocycles. The molecule has 1 N–H and O–H groups in total. The molecule has 0 saturated heterocycles. The third-order valence-electron chi connectivity index (χ3n) is 4.02. The molecule has 2 rings (SSSR count). The molecule has 1 amide bonds. The molecule has 0 bridgehead atoms. The van der Waals surface area contributed by atoms with Gasteiger partial charge in [-0.2, -0.15) is 4.31 Å². The maximum Gasteiger partial charge on any atom is 0.235 e. The highest BCUT2D eigenvalue weighted by atomic mass is 32.2. The van der Waals surface area contributed by atoms with Gasteiger partial charge in [-0.3, -0.25) is 4.79 Å². The first-order chi connectivity index (χ1) is 11.9. The molecule has 0 aliphatic rings. The van der Waals surface area contributed by atoms with E-state index in [1.54, 1.807) is 6.92 Å². The smallest absolute Gasteiger partial charge is 0.235 e. The molecular formula is C19H24N2O3S. The molecule has 0 saturated carbocycles. The summed E-state index contributed by atoms with van der Waals surface area (Å²) in [6.07, 6.45) is 1.84. The fraction of sp³-hybridized carbons (Fsp3) is 0.316. The molecule has 6 heteroatoms. The predicted octanol–water partition coefficient (Wildman–Crippen LogP) is 2.37. The van der Waals surface area contributed by atoms with Crippen molar-refractivity contribution in [3.8, 4) is 0 Å². The summed E-state index contributed by atoms with van der Waals surface area (Å²) < 4.78 is 25.5. The molecule has 0 radical (unpaired) electrons. The molecule has 0 fully saturated rings. The number of rotatable bonds is 8. The highest BCUT2D eigenvalue weighted by Gasteiger charge is 2.26. The monoisotopic (exact) mass is 360 g/mol. The standard InChI is InChI=1S/C19H24N2O3S/c1-16(18-11-7-4-8-12-18)21(25(2,23)24)15-19(22)20-14-13-17-9-5-3-6-10-17/h3-12,16H,13-15H2,1-2H3,(H,20,22). The number of nitrogens with one attached hydrogen (secondary N) is 1. The molecule has 1 atom stereocenters. The van der Waals surface area contributed by atoms with Crippen molar-refractivity contribution >= 4 is 15.9 Å². The van der Waals surface area contributed by atoms with Gasteiger partial charge in [0, 0.05) is 12.6 Å². The lowest BCUT2D eigenvalue weighted by Gasteiger charge is -2.26. The van der Waals surface area contributed by atoms with Crippen molar-refractivity contribution in [3.63, 3.8) is 0 Å². The van der Waals surface area contributed by atoms with E-state index in [1.165, 1.54) is 4.31 Å². The summed E-state index contributed by atoms with van der Waals surface area (Å²) in [5.41, 5.74) is 1.98. The van der Waals surface area contributed by atoms with Crippen molar-refractivity contribution in [1.82, 2.24) is 9.62 Å². The van der Waals surface area contributed by atoms with Crippen molar-refractivity contribution in [2.75, 3.05) is 19.3 Å². The van der Waals surface area contributed by atoms with Crippen LogP contribution in [0.1, 0.15) is 24.1 Å². The van der Waals surface area contributed by atoms with Gasteiger partial charge in [0.25, 0.3) is 0 Å². The summed E-state index contributed by atoms with van der Waals surface area (Å²) in [6, 6.07) is 18.7. The average molecular weight is 360 g/mol. The summed E-state index contributed by atoms with van der Waals surface area (Å²) in [6.45, 7) is 2.07. The van der Waals surface area contributed by atoms with Crippen LogP contribution in [0.5, 0.6) is 0 Å². The van der Waals surface area contributed by atoms with E-state index in [4.69, 9.17) is 0 Å². The Morgan fingerprint density at radius 1 is 1.04 bits per heavy atom. The van der Waals surface area contributed by atoms with Crippen LogP contribution in [0.25, 0.3) is 0 Å². The van der Waals surface area contributed by atoms with Gasteiger partial charge in [-0.15, -0.1) is 0 Å². The Balaban J connectivity index is 1.96. The summed E-state index contributed by atoms with van der Waals surface area (Å²) in [4.78, 5) is 12.2. The Morgan fingerprint density at radius 3 is 2.16 bits per heavy atom. The minimum Gasteiger partial charge on any atom is -0.355 e. The van der Waals surface area contributed by atoms with Gasteiger partial charge in [0.2, 0.25) is 15.9 Å². The van der Waals surface area contributed by atoms with E-state index in [2.05, 4.69) is 5.32 Å². The molecule has 2 aromatic rings. The van der Waals surface area contributed by atoms with Crippen molar-refractivity contribution in [2.45, 2.75) is 19.4 Å². The second kappa shape index (κ2) is 8.78. The maximum atomic E-state index is 12.2. The maximum absolute atomic E-state index is 12.2. The van der Waals surface area contributed by atoms with Crippen LogP contribution in [0.4, 0.5) is 0 Å². The molecule has 0 aromatic heterocycles. The highest BCUT2D eigenvalue weighted by molar-refractivity contribution is 7.88. The summed E-state index contributed by atoms with van der Waals surface area (Å²) >= 11 is 0. The zero-order valence-corrected chi connectivity index (χ0v) is 15.4. The zero-order chi connectivity index (χ0) is 18.3. The second-order valence-electron chi connectivity index (χ2n) is 5.98. The Bertz CT molecular complexity index is 777. The molecule has 25 heavy (non-hydrogen) atoms. The number of nitrogens with zero attached hydrogens (tertiary/aromatic N) is 1. The zero-order valence-electron chi connectivity index (χ0n) is 14.6. The minimum absolute atomic E-state index is 0.191. The van der Waals surface area contributed by atoms with E-state index in [1.807, 2.05) is 60.7 Å². The second-order valence-corrected chi connectivity index (χ2v) is 7.92. The SMILES string of the molecule is CC(c1ccccc1)N(CC(=O)NCCc1ccccc1)S(C)(=O)=O. The lowest BCUT2D eigenvalue weighted by molar-refractivity contribution is -0.121. The largest absolute Gasteiger partial charge is 0.355 e. The highest BCUT2D eigenvalue weighted by Crippen LogP contribution is 2.22. The minimum atomic E-state index is -3.51. The lowest BCUT2D eigenvalue weighted by Crippen LogP contribution is -2.42. The van der Waals surface area contributed by atoms with Crippen LogP contribution in [-0.2, 0) is 21.2 Å². The van der Waals surface area contributed by atoms with Gasteiger partial charge in [-0.25, -0.2) is 8.42 Å². The summed E-state index contributed by atoms with van der Waals surface area (Å²) in [5.74, 6) is -0.302. The van der Waals surface area contributed by atoms with Crippen LogP contribution in [0.15, 0.2) is 60.7 Å². The molecule has 134 valence electrons. The quantitative estimate of drug-likeness (QED) is 0.786. The Labute approximate surface area is 149 Å². The van der Waals surface area contributed by atoms with E-state index >= 15 is 0 Å². The van der Waals surface area contributed by atoms with E-state index < -0.39 is 16.1 Å². The lowest BCUT2D eigenvalue weighted by atomic mass is 10.1. The molecule has 0 spiro atoms. The number of carbonyl (C=O) groups is 1. The first-order valence-electron chi connectivity index (χ1n) is 8.20. The van der Waals surface area contributed by atoms with Crippen LogP contribution in [0.3, 0.4) is 0 Å². The third-order valence-corrected chi connectivity index (χ3v) is 5.32. The van der Waals surface area contributed by atoms with Gasteiger partial charge in [-0.05, 0) is 24.5 Å². The van der Waals surface area contributed by atoms with Crippen molar-refractivity contribution in [2.24, 2.45) is 0 Å². The van der Waals surface area contributed by atoms with Crippen LogP contribution in [-0.4, -0.2) is 38.0 Å². The van der Waals surface area contributed by atoms with Gasteiger partial charge >= 0.3 is 0 Å². The average Bonchev–Trinajstić information content (AvgIpc) is 2.60. The molecule has 2 aromatic carbocycles. The normalized spacial score (nSPS) is 12.8. The van der Waals surface area contributed by atoms with E-state index in [0.29, 0.717) is 13.0 Å². The Hall–Kier alpha value is -2.18. The molecule has 0 aliphatic carbocycles. The van der Waals surface area contributed by atoms with Crippen LogP contribution >= 0.6 is 0 Å². The van der Waals surface area contributed by atoms with Gasteiger partial charge in [0.05, 0.1) is 12.8 Å². The van der Waals surface area contributed by atoms with E-state index in [0.717, 1.165) is 17.4 Å². The topological polar surface area (TPSA) is 66.5 Å². The molecule has 0 aliphatic heterocycles. The number of amides is 1. The van der Waals surface area contributed by atoms with Crippen molar-refractivity contribution < 1.29 is 13.2 Å². The van der Waals surface area contributed by atoms with Crippen LogP contribution in [0, 0.1) is 0 Å². The van der Waals surface area contributed by atoms with Gasteiger partial charge < -0.3 is 5.32 Å². The van der Waals surface area contributed by atoms with E-state index in [9.17, 15) is 13.2 Å². The Morgan fingerprint density at radius 2 is 1.60 bits per heavy atom. The molecule has 5 nitrogen and oxygen atoms in total. The van der Waals surface area contributed by atoms with E-state index in [-0.39, 0.29) is 12.5 Å². The van der Waals surface area contributed by atoms with Gasteiger partial charge in [-0.1, -0.05) is 60.7 Å². The van der Waals surface area contributed by atoms with Gasteiger partial charge in [0.1, 0.15) is 0 Å².